The Morgan fingerprint density at radius 3 is 2.80 bits per heavy atom. The first kappa shape index (κ1) is 14.6. The molecule has 0 aromatic carbocycles. The summed E-state index contributed by atoms with van der Waals surface area (Å²) in [4.78, 5) is 23.3. The van der Waals surface area contributed by atoms with Crippen LogP contribution in [0.1, 0.15) is 12.6 Å². The third kappa shape index (κ3) is 3.22. The van der Waals surface area contributed by atoms with Crippen LogP contribution in [-0.2, 0) is 11.2 Å². The van der Waals surface area contributed by atoms with Crippen molar-refractivity contribution < 1.29 is 9.18 Å². The van der Waals surface area contributed by atoms with Gasteiger partial charge in [0.05, 0.1) is 12.2 Å². The number of halogens is 1. The van der Waals surface area contributed by atoms with Gasteiger partial charge in [0.25, 0.3) is 0 Å². The molecule has 1 aliphatic heterocycles. The predicted octanol–water partition coefficient (Wildman–Crippen LogP) is 0.0461. The molecule has 0 saturated carbocycles. The van der Waals surface area contributed by atoms with E-state index in [0.717, 1.165) is 13.1 Å². The van der Waals surface area contributed by atoms with Crippen LogP contribution in [0.2, 0.25) is 0 Å². The van der Waals surface area contributed by atoms with E-state index in [9.17, 15) is 9.18 Å². The molecule has 2 heterocycles. The van der Waals surface area contributed by atoms with Gasteiger partial charge in [-0.05, 0) is 6.42 Å². The predicted molar refractivity (Wildman–Crippen MR) is 74.1 cm³/mol. The third-order valence-corrected chi connectivity index (χ3v) is 3.38. The minimum atomic E-state index is -0.439. The first-order valence-electron chi connectivity index (χ1n) is 6.82. The van der Waals surface area contributed by atoms with Crippen molar-refractivity contribution in [3.05, 3.63) is 17.8 Å². The van der Waals surface area contributed by atoms with Crippen LogP contribution in [0, 0.1) is 5.82 Å². The maximum Gasteiger partial charge on any atom is 0.242 e. The van der Waals surface area contributed by atoms with Gasteiger partial charge in [-0.3, -0.25) is 4.79 Å². The van der Waals surface area contributed by atoms with Gasteiger partial charge in [-0.1, -0.05) is 6.92 Å². The van der Waals surface area contributed by atoms with Crippen molar-refractivity contribution in [1.82, 2.24) is 20.2 Å². The van der Waals surface area contributed by atoms with Crippen molar-refractivity contribution in [1.29, 1.82) is 0 Å². The Labute approximate surface area is 118 Å². The number of carbonyl (C=O) groups excluding carboxylic acids is 1. The summed E-state index contributed by atoms with van der Waals surface area (Å²) in [5, 5.41) is 3.19. The number of carbonyl (C=O) groups is 1. The number of nitrogens with zero attached hydrogens (tertiary/aromatic N) is 4. The molecule has 1 aromatic rings. The second kappa shape index (κ2) is 6.60. The van der Waals surface area contributed by atoms with Crippen molar-refractivity contribution in [2.45, 2.75) is 13.3 Å². The molecule has 1 amide bonds. The van der Waals surface area contributed by atoms with Gasteiger partial charge in [-0.25, -0.2) is 14.4 Å². The maximum atomic E-state index is 14.1. The number of hydrogen-bond donors (Lipinski definition) is 1. The Morgan fingerprint density at radius 2 is 2.15 bits per heavy atom. The molecule has 6 nitrogen and oxygen atoms in total. The summed E-state index contributed by atoms with van der Waals surface area (Å²) in [5.74, 6) is -0.268. The van der Waals surface area contributed by atoms with Crippen LogP contribution >= 0.6 is 0 Å². The average Bonchev–Trinajstić information content (AvgIpc) is 2.48. The zero-order chi connectivity index (χ0) is 14.5. The number of aromatic nitrogens is 2. The number of likely N-dealkylation sites (N-methyl/N-ethyl adjacent to an activating group) is 1. The molecule has 0 unspecified atom stereocenters. The van der Waals surface area contributed by atoms with Crippen LogP contribution in [0.15, 0.2) is 6.33 Å². The van der Waals surface area contributed by atoms with E-state index in [0.29, 0.717) is 25.2 Å². The number of aryl methyl sites for hydroxylation is 1. The van der Waals surface area contributed by atoms with Crippen LogP contribution in [-0.4, -0.2) is 60.5 Å². The highest BCUT2D eigenvalue weighted by atomic mass is 19.1. The smallest absolute Gasteiger partial charge is 0.242 e. The van der Waals surface area contributed by atoms with E-state index >= 15 is 0 Å². The minimum Gasteiger partial charge on any atom is -0.348 e. The molecule has 0 spiro atoms. The molecule has 0 bridgehead atoms. The Hall–Kier alpha value is -1.76. The van der Waals surface area contributed by atoms with Crippen LogP contribution in [0.25, 0.3) is 0 Å². The molecule has 1 aromatic heterocycles. The summed E-state index contributed by atoms with van der Waals surface area (Å²) >= 11 is 0. The lowest BCUT2D eigenvalue weighted by molar-refractivity contribution is -0.130. The van der Waals surface area contributed by atoms with Gasteiger partial charge in [-0.2, -0.15) is 0 Å². The molecule has 20 heavy (non-hydrogen) atoms. The van der Waals surface area contributed by atoms with E-state index in [1.165, 1.54) is 6.33 Å². The van der Waals surface area contributed by atoms with Crippen LogP contribution in [0.4, 0.5) is 10.2 Å². The summed E-state index contributed by atoms with van der Waals surface area (Å²) in [6.45, 7) is 4.95. The standard InChI is InChI=1S/C13H20FN5O/c1-3-10-12(14)13(17-9-16-10)18(2)8-11(20)19-6-4-15-5-7-19/h9,15H,3-8H2,1-2H3. The lowest BCUT2D eigenvalue weighted by atomic mass is 10.3. The first-order chi connectivity index (χ1) is 9.63. The Morgan fingerprint density at radius 1 is 1.45 bits per heavy atom. The van der Waals surface area contributed by atoms with E-state index in [1.54, 1.807) is 16.8 Å². The van der Waals surface area contributed by atoms with Gasteiger partial charge < -0.3 is 15.1 Å². The van der Waals surface area contributed by atoms with Crippen molar-refractivity contribution in [3.8, 4) is 0 Å². The number of anilines is 1. The molecule has 7 heteroatoms. The zero-order valence-electron chi connectivity index (χ0n) is 11.9. The molecule has 0 radical (unpaired) electrons. The van der Waals surface area contributed by atoms with Crippen LogP contribution in [0.5, 0.6) is 0 Å². The van der Waals surface area contributed by atoms with Crippen LogP contribution < -0.4 is 10.2 Å². The van der Waals surface area contributed by atoms with Gasteiger partial charge in [0.2, 0.25) is 5.91 Å². The van der Waals surface area contributed by atoms with Gasteiger partial charge in [0.15, 0.2) is 11.6 Å². The monoisotopic (exact) mass is 281 g/mol. The van der Waals surface area contributed by atoms with Crippen molar-refractivity contribution in [3.63, 3.8) is 0 Å². The van der Waals surface area contributed by atoms with E-state index in [1.807, 2.05) is 6.92 Å². The van der Waals surface area contributed by atoms with E-state index in [2.05, 4.69) is 15.3 Å². The summed E-state index contributed by atoms with van der Waals surface area (Å²) < 4.78 is 14.1. The fourth-order valence-electron chi connectivity index (χ4n) is 2.20. The van der Waals surface area contributed by atoms with Crippen molar-refractivity contribution in [2.24, 2.45) is 0 Å². The highest BCUT2D eigenvalue weighted by Gasteiger charge is 2.20. The van der Waals surface area contributed by atoms with Gasteiger partial charge >= 0.3 is 0 Å². The third-order valence-electron chi connectivity index (χ3n) is 3.38. The zero-order valence-corrected chi connectivity index (χ0v) is 11.9. The van der Waals surface area contributed by atoms with Gasteiger partial charge in [0, 0.05) is 33.2 Å². The normalized spacial score (nSPS) is 15.2. The quantitative estimate of drug-likeness (QED) is 0.845. The molecular weight excluding hydrogens is 261 g/mol. The Balaban J connectivity index is 2.04. The second-order valence-corrected chi connectivity index (χ2v) is 4.80. The second-order valence-electron chi connectivity index (χ2n) is 4.80. The first-order valence-corrected chi connectivity index (χ1v) is 6.82. The molecule has 2 rings (SSSR count). The largest absolute Gasteiger partial charge is 0.348 e. The summed E-state index contributed by atoms with van der Waals surface area (Å²) in [7, 11) is 1.67. The molecule has 1 aliphatic rings. The van der Waals surface area contributed by atoms with E-state index < -0.39 is 5.82 Å². The number of nitrogens with one attached hydrogen (secondary N) is 1. The summed E-state index contributed by atoms with van der Waals surface area (Å²) in [6.07, 6.45) is 1.84. The fourth-order valence-corrected chi connectivity index (χ4v) is 2.20. The van der Waals surface area contributed by atoms with Crippen molar-refractivity contribution in [2.75, 3.05) is 44.7 Å². The van der Waals surface area contributed by atoms with Crippen molar-refractivity contribution >= 4 is 11.7 Å². The molecule has 0 aliphatic carbocycles. The average molecular weight is 281 g/mol. The molecule has 110 valence electrons. The minimum absolute atomic E-state index is 0.00920. The number of rotatable bonds is 4. The fraction of sp³-hybridized carbons (Fsp3) is 0.615. The molecular formula is C13H20FN5O. The topological polar surface area (TPSA) is 61.4 Å². The number of hydrogen-bond acceptors (Lipinski definition) is 5. The molecule has 1 fully saturated rings. The number of piperazine rings is 1. The molecule has 1 saturated heterocycles. The van der Waals surface area contributed by atoms with Gasteiger partial charge in [0.1, 0.15) is 6.33 Å². The maximum absolute atomic E-state index is 14.1. The van der Waals surface area contributed by atoms with E-state index in [4.69, 9.17) is 0 Å². The molecule has 0 atom stereocenters. The lowest BCUT2D eigenvalue weighted by Crippen LogP contribution is -2.49. The lowest BCUT2D eigenvalue weighted by Gasteiger charge is -2.29. The summed E-state index contributed by atoms with van der Waals surface area (Å²) in [6, 6.07) is 0. The van der Waals surface area contributed by atoms with Crippen LogP contribution in [0.3, 0.4) is 0 Å². The molecule has 1 N–H and O–H groups in total. The highest BCUT2D eigenvalue weighted by molar-refractivity contribution is 5.81. The highest BCUT2D eigenvalue weighted by Crippen LogP contribution is 2.16. The Bertz CT molecular complexity index is 476. The SMILES string of the molecule is CCc1ncnc(N(C)CC(=O)N2CCNCC2)c1F. The summed E-state index contributed by atoms with van der Waals surface area (Å²) in [5.41, 5.74) is 0.372. The van der Waals surface area contributed by atoms with Gasteiger partial charge in [-0.15, -0.1) is 0 Å². The van der Waals surface area contributed by atoms with E-state index in [-0.39, 0.29) is 18.3 Å². The number of amides is 1. The Kier molecular flexibility index (Phi) is 4.84.